The largest absolute Gasteiger partial charge is 0.496 e. The van der Waals surface area contributed by atoms with Crippen LogP contribution < -0.4 is 5.32 Å². The fourth-order valence-corrected chi connectivity index (χ4v) is 2.07. The fourth-order valence-electron chi connectivity index (χ4n) is 2.07. The van der Waals surface area contributed by atoms with Gasteiger partial charge in [-0.05, 0) is 23.8 Å². The van der Waals surface area contributed by atoms with Crippen LogP contribution in [-0.2, 0) is 4.74 Å². The van der Waals surface area contributed by atoms with E-state index in [0.717, 1.165) is 43.1 Å². The number of hydrogen-bond donors (Lipinski definition) is 1. The maximum absolute atomic E-state index is 5.72. The highest BCUT2D eigenvalue weighted by Gasteiger charge is 2.13. The minimum atomic E-state index is 0.745. The number of nitrogens with one attached hydrogen (secondary N) is 1. The molecule has 3 rings (SSSR count). The summed E-state index contributed by atoms with van der Waals surface area (Å²) >= 11 is 0. The highest BCUT2D eigenvalue weighted by atomic mass is 16.5. The number of rotatable bonds is 0. The zero-order chi connectivity index (χ0) is 10.8. The van der Waals surface area contributed by atoms with Crippen LogP contribution in [0.2, 0.25) is 0 Å². The van der Waals surface area contributed by atoms with Gasteiger partial charge in [-0.15, -0.1) is 0 Å². The second-order valence-corrected chi connectivity index (χ2v) is 4.09. The molecule has 2 bridgehead atoms. The molecule has 2 aliphatic rings. The van der Waals surface area contributed by atoms with E-state index >= 15 is 0 Å². The molecule has 1 saturated heterocycles. The van der Waals surface area contributed by atoms with E-state index < -0.39 is 0 Å². The van der Waals surface area contributed by atoms with Gasteiger partial charge in [-0.3, -0.25) is 4.98 Å². The smallest absolute Gasteiger partial charge is 0.101 e. The zero-order valence-electron chi connectivity index (χ0n) is 9.07. The second kappa shape index (κ2) is 4.10. The van der Waals surface area contributed by atoms with E-state index in [2.05, 4.69) is 28.5 Å². The lowest BCUT2D eigenvalue weighted by Gasteiger charge is -2.16. The van der Waals surface area contributed by atoms with Crippen LogP contribution in [0.1, 0.15) is 17.7 Å². The molecule has 1 aliphatic heterocycles. The van der Waals surface area contributed by atoms with Gasteiger partial charge in [-0.2, -0.15) is 0 Å². The Morgan fingerprint density at radius 3 is 3.31 bits per heavy atom. The zero-order valence-corrected chi connectivity index (χ0v) is 9.07. The molecule has 3 heteroatoms. The van der Waals surface area contributed by atoms with E-state index in [-0.39, 0.29) is 0 Å². The number of nitrogens with zero attached hydrogens (tertiary/aromatic N) is 1. The van der Waals surface area contributed by atoms with Gasteiger partial charge in [0.2, 0.25) is 0 Å². The van der Waals surface area contributed by atoms with Crippen LogP contribution >= 0.6 is 0 Å². The Labute approximate surface area is 94.8 Å². The molecule has 1 aliphatic carbocycles. The molecule has 0 atom stereocenters. The standard InChI is InChI=1S/C13H14N2O/c1-2-11-8-12-6-10(7-13(11)15-3-1)9-14-4-5-16-12/h1-3,7-8,14H,4-6,9H2. The van der Waals surface area contributed by atoms with Gasteiger partial charge in [0.25, 0.3) is 0 Å². The Bertz CT molecular complexity index is 422. The Kier molecular flexibility index (Phi) is 2.46. The van der Waals surface area contributed by atoms with Gasteiger partial charge in [0.1, 0.15) is 12.4 Å². The van der Waals surface area contributed by atoms with Gasteiger partial charge in [-0.25, -0.2) is 0 Å². The summed E-state index contributed by atoms with van der Waals surface area (Å²) in [4.78, 5) is 4.40. The molecule has 82 valence electrons. The molecule has 0 aromatic carbocycles. The van der Waals surface area contributed by atoms with Gasteiger partial charge >= 0.3 is 0 Å². The topological polar surface area (TPSA) is 34.1 Å². The first-order chi connectivity index (χ1) is 7.92. The average molecular weight is 214 g/mol. The first-order valence-electron chi connectivity index (χ1n) is 5.60. The molecule has 0 unspecified atom stereocenters. The van der Waals surface area contributed by atoms with Crippen molar-refractivity contribution in [3.05, 3.63) is 40.9 Å². The van der Waals surface area contributed by atoms with E-state index in [1.807, 2.05) is 12.3 Å². The first kappa shape index (κ1) is 9.60. The molecule has 1 aromatic rings. The van der Waals surface area contributed by atoms with Crippen molar-refractivity contribution in [3.63, 3.8) is 0 Å². The van der Waals surface area contributed by atoms with E-state index in [1.54, 1.807) is 0 Å². The van der Waals surface area contributed by atoms with Crippen molar-refractivity contribution in [2.75, 3.05) is 19.7 Å². The van der Waals surface area contributed by atoms with Crippen molar-refractivity contribution in [2.24, 2.45) is 0 Å². The van der Waals surface area contributed by atoms with Crippen LogP contribution in [0.4, 0.5) is 0 Å². The van der Waals surface area contributed by atoms with Gasteiger partial charge in [0.15, 0.2) is 0 Å². The lowest BCUT2D eigenvalue weighted by atomic mass is 10.1. The molecule has 16 heavy (non-hydrogen) atoms. The van der Waals surface area contributed by atoms with Gasteiger partial charge in [0.05, 0.1) is 5.69 Å². The molecular formula is C13H14N2O. The van der Waals surface area contributed by atoms with E-state index in [9.17, 15) is 0 Å². The van der Waals surface area contributed by atoms with Crippen molar-refractivity contribution >= 4 is 12.2 Å². The Morgan fingerprint density at radius 2 is 2.31 bits per heavy atom. The number of hydrogen-bond acceptors (Lipinski definition) is 3. The Morgan fingerprint density at radius 1 is 1.31 bits per heavy atom. The van der Waals surface area contributed by atoms with Crippen molar-refractivity contribution in [1.29, 1.82) is 0 Å². The molecule has 0 spiro atoms. The van der Waals surface area contributed by atoms with Crippen LogP contribution in [-0.4, -0.2) is 24.7 Å². The number of fused-ring (bicyclic) bond motifs is 3. The number of ether oxygens (including phenoxy) is 1. The molecule has 1 N–H and O–H groups in total. The minimum absolute atomic E-state index is 0.745. The lowest BCUT2D eigenvalue weighted by Crippen LogP contribution is -2.24. The lowest BCUT2D eigenvalue weighted by molar-refractivity contribution is 0.205. The van der Waals surface area contributed by atoms with E-state index in [4.69, 9.17) is 4.74 Å². The third-order valence-electron chi connectivity index (χ3n) is 2.85. The highest BCUT2D eigenvalue weighted by Crippen LogP contribution is 2.25. The Balaban J connectivity index is 2.09. The molecule has 1 aromatic heterocycles. The quantitative estimate of drug-likeness (QED) is 0.715. The fraction of sp³-hybridized carbons (Fsp3) is 0.308. The first-order valence-corrected chi connectivity index (χ1v) is 5.60. The van der Waals surface area contributed by atoms with Crippen LogP contribution in [0.15, 0.2) is 29.7 Å². The number of aromatic nitrogens is 1. The normalized spacial score (nSPS) is 19.2. The predicted molar refractivity (Wildman–Crippen MR) is 63.6 cm³/mol. The summed E-state index contributed by atoms with van der Waals surface area (Å²) in [5, 5.41) is 3.35. The molecule has 3 nitrogen and oxygen atoms in total. The SMILES string of the molecule is C1=C2CNCCOC(=Cc3cccnc31)C2. The average Bonchev–Trinajstić information content (AvgIpc) is 2.45. The third kappa shape index (κ3) is 1.86. The summed E-state index contributed by atoms with van der Waals surface area (Å²) in [5.41, 5.74) is 3.53. The van der Waals surface area contributed by atoms with Gasteiger partial charge in [0, 0.05) is 31.3 Å². The van der Waals surface area contributed by atoms with Crippen LogP contribution in [0.3, 0.4) is 0 Å². The number of allylic oxidation sites excluding steroid dienone is 1. The van der Waals surface area contributed by atoms with Gasteiger partial charge in [-0.1, -0.05) is 6.07 Å². The van der Waals surface area contributed by atoms with Crippen LogP contribution in [0.5, 0.6) is 0 Å². The predicted octanol–water partition coefficient (Wildman–Crippen LogP) is 1.83. The van der Waals surface area contributed by atoms with Crippen LogP contribution in [0, 0.1) is 0 Å². The second-order valence-electron chi connectivity index (χ2n) is 4.09. The van der Waals surface area contributed by atoms with Crippen molar-refractivity contribution in [1.82, 2.24) is 10.3 Å². The summed E-state index contributed by atoms with van der Waals surface area (Å²) in [5.74, 6) is 1.06. The molecule has 2 heterocycles. The third-order valence-corrected chi connectivity index (χ3v) is 2.85. The highest BCUT2D eigenvalue weighted by molar-refractivity contribution is 5.68. The van der Waals surface area contributed by atoms with Gasteiger partial charge < -0.3 is 10.1 Å². The monoisotopic (exact) mass is 214 g/mol. The molecular weight excluding hydrogens is 200 g/mol. The van der Waals surface area contributed by atoms with Crippen LogP contribution in [0.25, 0.3) is 12.2 Å². The van der Waals surface area contributed by atoms with E-state index in [0.29, 0.717) is 0 Å². The molecule has 1 fully saturated rings. The maximum atomic E-state index is 5.72. The molecule has 0 saturated carbocycles. The van der Waals surface area contributed by atoms with Crippen molar-refractivity contribution < 1.29 is 4.74 Å². The summed E-state index contributed by atoms with van der Waals surface area (Å²) in [6, 6.07) is 4.04. The molecule has 0 radical (unpaired) electrons. The molecule has 0 amide bonds. The number of pyridine rings is 1. The summed E-state index contributed by atoms with van der Waals surface area (Å²) < 4.78 is 5.72. The summed E-state index contributed by atoms with van der Waals surface area (Å²) in [6.45, 7) is 2.57. The Hall–Kier alpha value is -1.61. The summed E-state index contributed by atoms with van der Waals surface area (Å²) in [6.07, 6.45) is 7.00. The van der Waals surface area contributed by atoms with Crippen molar-refractivity contribution in [2.45, 2.75) is 6.42 Å². The maximum Gasteiger partial charge on any atom is 0.101 e. The van der Waals surface area contributed by atoms with Crippen molar-refractivity contribution in [3.8, 4) is 0 Å². The minimum Gasteiger partial charge on any atom is -0.496 e. The summed E-state index contributed by atoms with van der Waals surface area (Å²) in [7, 11) is 0. The van der Waals surface area contributed by atoms with E-state index in [1.165, 1.54) is 5.57 Å².